The van der Waals surface area contributed by atoms with Gasteiger partial charge in [0.2, 0.25) is 0 Å². The zero-order valence-corrected chi connectivity index (χ0v) is 31.3. The predicted octanol–water partition coefficient (Wildman–Crippen LogP) is 10.4. The summed E-state index contributed by atoms with van der Waals surface area (Å²) in [4.78, 5) is 43.0. The molecule has 5 aromatic rings. The summed E-state index contributed by atoms with van der Waals surface area (Å²) < 4.78 is 5.53. The Labute approximate surface area is 304 Å². The number of phenolic OH excluding ortho intramolecular Hbond substituents is 1. The number of ketones is 2. The van der Waals surface area contributed by atoms with Gasteiger partial charge in [0, 0.05) is 65.5 Å². The van der Waals surface area contributed by atoms with Crippen LogP contribution in [0.15, 0.2) is 71.2 Å². The Kier molecular flexibility index (Phi) is 9.81. The van der Waals surface area contributed by atoms with Crippen molar-refractivity contribution in [3.63, 3.8) is 0 Å². The first-order chi connectivity index (χ1) is 24.0. The lowest BCUT2D eigenvalue weighted by Gasteiger charge is -2.18. The fourth-order valence-corrected chi connectivity index (χ4v) is 7.47. The molecule has 1 aliphatic heterocycles. The molecular formula is C43H47ClN2O5. The Bertz CT molecular complexity index is 2160. The average Bonchev–Trinajstić information content (AvgIpc) is 3.82. The lowest BCUT2D eigenvalue weighted by molar-refractivity contribution is -0.120. The number of Topliss-reactive ketones (excluding diaryl/α,β-unsaturated/α-hetero) is 2. The summed E-state index contributed by atoms with van der Waals surface area (Å²) in [7, 11) is 0. The number of aromatic nitrogens is 1. The van der Waals surface area contributed by atoms with Crippen molar-refractivity contribution in [1.29, 1.82) is 0 Å². The number of hydrogen-bond acceptors (Lipinski definition) is 5. The number of carbonyl (C=O) groups excluding carboxylic acids is 3. The summed E-state index contributed by atoms with van der Waals surface area (Å²) in [5.74, 6) is 1.23. The molecule has 51 heavy (non-hydrogen) atoms. The van der Waals surface area contributed by atoms with Crippen LogP contribution in [0.4, 0.5) is 5.69 Å². The number of benzene rings is 3. The average molecular weight is 707 g/mol. The van der Waals surface area contributed by atoms with Gasteiger partial charge in [0.05, 0.1) is 5.69 Å². The molecular weight excluding hydrogens is 660 g/mol. The molecule has 0 radical (unpaired) electrons. The van der Waals surface area contributed by atoms with Gasteiger partial charge in [-0.1, -0.05) is 71.9 Å². The third-order valence-corrected chi connectivity index (χ3v) is 9.78. The van der Waals surface area contributed by atoms with Crippen LogP contribution in [0.1, 0.15) is 111 Å². The third kappa shape index (κ3) is 7.84. The summed E-state index contributed by atoms with van der Waals surface area (Å²) >= 11 is 6.35. The van der Waals surface area contributed by atoms with Gasteiger partial charge in [-0.3, -0.25) is 14.4 Å². The maximum absolute atomic E-state index is 13.7. The van der Waals surface area contributed by atoms with Crippen molar-refractivity contribution in [3.05, 3.63) is 100 Å². The number of aromatic amines is 1. The van der Waals surface area contributed by atoms with E-state index in [9.17, 15) is 19.5 Å². The minimum absolute atomic E-state index is 0.00391. The number of halogens is 1. The van der Waals surface area contributed by atoms with E-state index in [4.69, 9.17) is 16.0 Å². The molecule has 7 nitrogen and oxygen atoms in total. The summed E-state index contributed by atoms with van der Waals surface area (Å²) in [6, 6.07) is 18.9. The van der Waals surface area contributed by atoms with Gasteiger partial charge in [-0.25, -0.2) is 0 Å². The molecule has 3 aromatic carbocycles. The Balaban J connectivity index is 0.000000234. The zero-order valence-electron chi connectivity index (χ0n) is 30.6. The lowest BCUT2D eigenvalue weighted by atomic mass is 9.88. The van der Waals surface area contributed by atoms with Crippen molar-refractivity contribution >= 4 is 62.2 Å². The number of carbonyl (C=O) groups is 3. The van der Waals surface area contributed by atoms with Crippen molar-refractivity contribution in [2.45, 2.75) is 80.1 Å². The standard InChI is InChI=1S/C29H31ClN2O3.C14H16O2/c1-16-5-7-21-25(34)12-24-27(26(16)21)19(14-30)15-32(24)28(35)23-11-18-9-17(6-8-22(18)31-23)10-20(33)13-29(2,3)4;1-14(2,3)9-11(15)13-8-10-6-4-5-7-12(10)16-13/h5-6,8-9,11-12,19,31,34H,7,10,13-15H2,1-4H3;4-8H,9H2,1-3H3. The third-order valence-electron chi connectivity index (χ3n) is 9.41. The van der Waals surface area contributed by atoms with E-state index in [1.54, 1.807) is 11.0 Å². The first kappa shape index (κ1) is 36.2. The Morgan fingerprint density at radius 2 is 1.67 bits per heavy atom. The smallest absolute Gasteiger partial charge is 0.274 e. The minimum atomic E-state index is -0.153. The normalized spacial score (nSPS) is 15.4. The quantitative estimate of drug-likeness (QED) is 0.129. The summed E-state index contributed by atoms with van der Waals surface area (Å²) in [5.41, 5.74) is 7.89. The Morgan fingerprint density at radius 1 is 0.941 bits per heavy atom. The van der Waals surface area contributed by atoms with Crippen molar-refractivity contribution in [2.75, 3.05) is 17.3 Å². The molecule has 0 fully saturated rings. The van der Waals surface area contributed by atoms with Gasteiger partial charge in [0.15, 0.2) is 11.5 Å². The molecule has 2 aromatic heterocycles. The van der Waals surface area contributed by atoms with Crippen LogP contribution in [0.25, 0.3) is 27.4 Å². The van der Waals surface area contributed by atoms with Gasteiger partial charge in [0.1, 0.15) is 22.8 Å². The first-order valence-electron chi connectivity index (χ1n) is 17.6. The fraction of sp³-hybridized carbons (Fsp3) is 0.372. The molecule has 0 spiro atoms. The highest BCUT2D eigenvalue weighted by molar-refractivity contribution is 6.19. The molecule has 1 amide bonds. The van der Waals surface area contributed by atoms with E-state index >= 15 is 0 Å². The van der Waals surface area contributed by atoms with Crippen molar-refractivity contribution in [1.82, 2.24) is 4.98 Å². The second-order valence-corrected chi connectivity index (χ2v) is 16.7. The van der Waals surface area contributed by atoms with Crippen LogP contribution in [0.5, 0.6) is 5.75 Å². The highest BCUT2D eigenvalue weighted by atomic mass is 35.5. The molecule has 266 valence electrons. The van der Waals surface area contributed by atoms with Crippen molar-refractivity contribution in [2.24, 2.45) is 10.8 Å². The fourth-order valence-electron chi connectivity index (χ4n) is 7.21. The molecule has 8 heteroatoms. The number of para-hydroxylation sites is 1. The number of fused-ring (bicyclic) bond motifs is 5. The highest BCUT2D eigenvalue weighted by Crippen LogP contribution is 2.49. The first-order valence-corrected chi connectivity index (χ1v) is 18.1. The minimum Gasteiger partial charge on any atom is -0.508 e. The molecule has 1 aliphatic carbocycles. The van der Waals surface area contributed by atoms with Gasteiger partial charge in [-0.15, -0.1) is 11.6 Å². The second-order valence-electron chi connectivity index (χ2n) is 16.4. The van der Waals surface area contributed by atoms with E-state index in [0.29, 0.717) is 49.6 Å². The van der Waals surface area contributed by atoms with Crippen LogP contribution >= 0.6 is 11.6 Å². The Morgan fingerprint density at radius 3 is 2.35 bits per heavy atom. The lowest BCUT2D eigenvalue weighted by Crippen LogP contribution is -2.30. The number of hydrogen-bond donors (Lipinski definition) is 2. The van der Waals surface area contributed by atoms with Gasteiger partial charge in [-0.05, 0) is 76.8 Å². The van der Waals surface area contributed by atoms with Crippen LogP contribution in [-0.2, 0) is 17.6 Å². The largest absolute Gasteiger partial charge is 0.508 e. The van der Waals surface area contributed by atoms with Crippen LogP contribution in [0.2, 0.25) is 0 Å². The number of amides is 1. The topological polar surface area (TPSA) is 104 Å². The Hall–Kier alpha value is -4.62. The van der Waals surface area contributed by atoms with Gasteiger partial charge >= 0.3 is 0 Å². The van der Waals surface area contributed by atoms with Crippen molar-refractivity contribution < 1.29 is 23.9 Å². The number of nitrogens with one attached hydrogen (secondary N) is 1. The number of furan rings is 1. The van der Waals surface area contributed by atoms with E-state index in [1.165, 1.54) is 0 Å². The number of anilines is 1. The van der Waals surface area contributed by atoms with Crippen LogP contribution in [0.3, 0.4) is 0 Å². The molecule has 7 rings (SSSR count). The van der Waals surface area contributed by atoms with E-state index < -0.39 is 0 Å². The molecule has 0 saturated heterocycles. The number of aromatic hydroxyl groups is 1. The van der Waals surface area contributed by atoms with E-state index in [0.717, 1.165) is 55.4 Å². The zero-order chi connectivity index (χ0) is 36.8. The van der Waals surface area contributed by atoms with Gasteiger partial charge < -0.3 is 19.4 Å². The SMILES string of the molecule is CC(C)(C)CC(=O)c1cc2ccccc2o1.CC1=CCc2c(O)cc3c(c21)C(CCl)CN3C(=O)c1cc2cc(CC(=O)CC(C)(C)C)ccc2[nH]1. The van der Waals surface area contributed by atoms with Gasteiger partial charge in [-0.2, -0.15) is 0 Å². The number of phenols is 1. The predicted molar refractivity (Wildman–Crippen MR) is 206 cm³/mol. The number of nitrogens with zero attached hydrogens (tertiary/aromatic N) is 1. The number of H-pyrrole nitrogens is 1. The summed E-state index contributed by atoms with van der Waals surface area (Å²) in [6.07, 6.45) is 4.24. The van der Waals surface area contributed by atoms with E-state index in [1.807, 2.05) is 82.3 Å². The molecule has 0 bridgehead atoms. The maximum Gasteiger partial charge on any atom is 0.274 e. The monoisotopic (exact) mass is 706 g/mol. The van der Waals surface area contributed by atoms with Crippen LogP contribution in [0, 0.1) is 10.8 Å². The molecule has 1 atom stereocenters. The van der Waals surface area contributed by atoms with Crippen LogP contribution in [-0.4, -0.2) is 40.0 Å². The number of alkyl halides is 1. The summed E-state index contributed by atoms with van der Waals surface area (Å²) in [5, 5.41) is 12.6. The second kappa shape index (κ2) is 13.8. The summed E-state index contributed by atoms with van der Waals surface area (Å²) in [6.45, 7) is 14.9. The molecule has 1 unspecified atom stereocenters. The van der Waals surface area contributed by atoms with Crippen molar-refractivity contribution in [3.8, 4) is 5.75 Å². The molecule has 2 aliphatic rings. The van der Waals surface area contributed by atoms with E-state index in [-0.39, 0.29) is 40.0 Å². The van der Waals surface area contributed by atoms with E-state index in [2.05, 4.69) is 31.8 Å². The maximum atomic E-state index is 13.7. The molecule has 2 N–H and O–H groups in total. The molecule has 3 heterocycles. The highest BCUT2D eigenvalue weighted by Gasteiger charge is 2.38. The molecule has 0 saturated carbocycles. The number of allylic oxidation sites excluding steroid dienone is 2. The number of rotatable bonds is 7. The van der Waals surface area contributed by atoms with Gasteiger partial charge in [0.25, 0.3) is 5.91 Å². The van der Waals surface area contributed by atoms with Crippen LogP contribution < -0.4 is 4.90 Å².